The minimum Gasteiger partial charge on any atom is -0.475 e. The minimum absolute atomic E-state index is 0.415. The number of anilines is 2. The molecule has 2 aromatic heterocycles. The lowest BCUT2D eigenvalue weighted by atomic mass is 10.1. The standard InChI is InChI=1S/C19H21N5O4S/c1-3-29(25,26)23-16-6-4-15(5-7-16)18-9-11-24(22-18)21-17-8-10-20-19(14-17)28-13-12-27-2/h3-11,14,23H,1,12-13H2,2H3,(H,20,21). The Balaban J connectivity index is 1.66. The fourth-order valence-corrected chi connectivity index (χ4v) is 2.92. The SMILES string of the molecule is C=CS(=O)(=O)Nc1ccc(-c2ccn(Nc3ccnc(OCCOC)c3)n2)cc1. The Hall–Kier alpha value is -3.37. The van der Waals surface area contributed by atoms with Crippen LogP contribution in [0, 0.1) is 0 Å². The van der Waals surface area contributed by atoms with Gasteiger partial charge >= 0.3 is 0 Å². The second-order valence-electron chi connectivity index (χ2n) is 5.87. The van der Waals surface area contributed by atoms with Gasteiger partial charge in [0.25, 0.3) is 10.0 Å². The monoisotopic (exact) mass is 415 g/mol. The van der Waals surface area contributed by atoms with Crippen molar-refractivity contribution in [1.82, 2.24) is 14.9 Å². The third kappa shape index (κ3) is 5.80. The van der Waals surface area contributed by atoms with E-state index >= 15 is 0 Å². The zero-order chi connectivity index (χ0) is 20.7. The molecular formula is C19H21N5O4S. The fourth-order valence-electron chi connectivity index (χ4n) is 2.37. The van der Waals surface area contributed by atoms with Gasteiger partial charge in [-0.1, -0.05) is 18.7 Å². The van der Waals surface area contributed by atoms with Gasteiger partial charge in [0.05, 0.1) is 18.0 Å². The number of benzene rings is 1. The summed E-state index contributed by atoms with van der Waals surface area (Å²) in [7, 11) is -1.92. The molecule has 2 heterocycles. The van der Waals surface area contributed by atoms with E-state index < -0.39 is 10.0 Å². The fraction of sp³-hybridized carbons (Fsp3) is 0.158. The summed E-state index contributed by atoms with van der Waals surface area (Å²) in [4.78, 5) is 5.71. The van der Waals surface area contributed by atoms with Crippen LogP contribution in [0.25, 0.3) is 11.3 Å². The van der Waals surface area contributed by atoms with Crippen molar-refractivity contribution < 1.29 is 17.9 Å². The van der Waals surface area contributed by atoms with Gasteiger partial charge in [-0.3, -0.25) is 10.1 Å². The summed E-state index contributed by atoms with van der Waals surface area (Å²) >= 11 is 0. The molecule has 0 saturated heterocycles. The number of methoxy groups -OCH3 is 1. The first-order chi connectivity index (χ1) is 14.0. The van der Waals surface area contributed by atoms with Crippen LogP contribution in [0.4, 0.5) is 11.4 Å². The summed E-state index contributed by atoms with van der Waals surface area (Å²) in [6.07, 6.45) is 3.41. The number of hydrogen-bond donors (Lipinski definition) is 2. The van der Waals surface area contributed by atoms with Crippen LogP contribution in [0.5, 0.6) is 5.88 Å². The Labute approximate surface area is 169 Å². The number of nitrogens with zero attached hydrogens (tertiary/aromatic N) is 3. The minimum atomic E-state index is -3.53. The maximum atomic E-state index is 11.5. The molecule has 9 nitrogen and oxygen atoms in total. The Bertz CT molecular complexity index is 1060. The lowest BCUT2D eigenvalue weighted by molar-refractivity contribution is 0.144. The maximum Gasteiger partial charge on any atom is 0.254 e. The second-order valence-corrected chi connectivity index (χ2v) is 7.50. The molecule has 0 radical (unpaired) electrons. The van der Waals surface area contributed by atoms with E-state index in [1.807, 2.05) is 6.07 Å². The van der Waals surface area contributed by atoms with E-state index in [2.05, 4.69) is 26.8 Å². The van der Waals surface area contributed by atoms with Crippen LogP contribution in [0.15, 0.2) is 66.8 Å². The topological polar surface area (TPSA) is 107 Å². The molecule has 29 heavy (non-hydrogen) atoms. The molecular weight excluding hydrogens is 394 g/mol. The Kier molecular flexibility index (Phi) is 6.47. The van der Waals surface area contributed by atoms with E-state index in [1.165, 1.54) is 0 Å². The Morgan fingerprint density at radius 1 is 1.14 bits per heavy atom. The first-order valence-corrected chi connectivity index (χ1v) is 10.2. The lowest BCUT2D eigenvalue weighted by Crippen LogP contribution is -2.10. The van der Waals surface area contributed by atoms with Gasteiger partial charge < -0.3 is 9.47 Å². The van der Waals surface area contributed by atoms with Crippen molar-refractivity contribution in [3.05, 3.63) is 66.8 Å². The van der Waals surface area contributed by atoms with E-state index in [-0.39, 0.29) is 0 Å². The van der Waals surface area contributed by atoms with Crippen molar-refractivity contribution in [3.8, 4) is 17.1 Å². The normalized spacial score (nSPS) is 11.1. The molecule has 2 N–H and O–H groups in total. The molecule has 0 amide bonds. The summed E-state index contributed by atoms with van der Waals surface area (Å²) in [5, 5.41) is 5.33. The highest BCUT2D eigenvalue weighted by atomic mass is 32.2. The molecule has 10 heteroatoms. The van der Waals surface area contributed by atoms with Crippen LogP contribution in [0.1, 0.15) is 0 Å². The van der Waals surface area contributed by atoms with Gasteiger partial charge in [-0.05, 0) is 24.3 Å². The van der Waals surface area contributed by atoms with Crippen LogP contribution < -0.4 is 14.9 Å². The average molecular weight is 415 g/mol. The van der Waals surface area contributed by atoms with Crippen LogP contribution >= 0.6 is 0 Å². The number of aromatic nitrogens is 3. The predicted octanol–water partition coefficient (Wildman–Crippen LogP) is 2.73. The first-order valence-electron chi connectivity index (χ1n) is 8.65. The summed E-state index contributed by atoms with van der Waals surface area (Å²) in [6.45, 7) is 4.16. The van der Waals surface area contributed by atoms with Gasteiger partial charge in [0.1, 0.15) is 6.61 Å². The molecule has 152 valence electrons. The third-order valence-electron chi connectivity index (χ3n) is 3.77. The van der Waals surface area contributed by atoms with E-state index in [1.54, 1.807) is 60.7 Å². The number of pyridine rings is 1. The zero-order valence-corrected chi connectivity index (χ0v) is 16.6. The highest BCUT2D eigenvalue weighted by molar-refractivity contribution is 7.95. The third-order valence-corrected chi connectivity index (χ3v) is 4.72. The summed E-state index contributed by atoms with van der Waals surface area (Å²) in [5.74, 6) is 0.483. The first kappa shape index (κ1) is 20.4. The predicted molar refractivity (Wildman–Crippen MR) is 111 cm³/mol. The number of nitrogens with one attached hydrogen (secondary N) is 2. The summed E-state index contributed by atoms with van der Waals surface area (Å²) in [5.41, 5.74) is 5.90. The van der Waals surface area contributed by atoms with Crippen LogP contribution in [-0.4, -0.2) is 43.6 Å². The average Bonchev–Trinajstić information content (AvgIpc) is 3.17. The maximum absolute atomic E-state index is 11.5. The van der Waals surface area contributed by atoms with E-state index in [9.17, 15) is 8.42 Å². The molecule has 0 aliphatic carbocycles. The molecule has 3 rings (SSSR count). The van der Waals surface area contributed by atoms with E-state index in [0.29, 0.717) is 24.8 Å². The summed E-state index contributed by atoms with van der Waals surface area (Å²) < 4.78 is 35.9. The molecule has 0 spiro atoms. The van der Waals surface area contributed by atoms with Gasteiger partial charge in [0.15, 0.2) is 0 Å². The van der Waals surface area contributed by atoms with Gasteiger partial charge in [-0.2, -0.15) is 9.89 Å². The number of ether oxygens (including phenoxy) is 2. The number of hydrogen-bond acceptors (Lipinski definition) is 7. The lowest BCUT2D eigenvalue weighted by Gasteiger charge is -2.08. The molecule has 0 atom stereocenters. The molecule has 0 fully saturated rings. The van der Waals surface area contributed by atoms with Crippen LogP contribution in [0.3, 0.4) is 0 Å². The highest BCUT2D eigenvalue weighted by Gasteiger charge is 2.07. The molecule has 3 aromatic rings. The largest absolute Gasteiger partial charge is 0.475 e. The molecule has 0 aliphatic heterocycles. The molecule has 1 aromatic carbocycles. The van der Waals surface area contributed by atoms with E-state index in [0.717, 1.165) is 22.4 Å². The van der Waals surface area contributed by atoms with Crippen molar-refractivity contribution in [2.75, 3.05) is 30.5 Å². The molecule has 0 unspecified atom stereocenters. The van der Waals surface area contributed by atoms with Crippen molar-refractivity contribution in [3.63, 3.8) is 0 Å². The number of sulfonamides is 1. The van der Waals surface area contributed by atoms with Crippen LogP contribution in [-0.2, 0) is 14.8 Å². The quantitative estimate of drug-likeness (QED) is 0.490. The van der Waals surface area contributed by atoms with E-state index in [4.69, 9.17) is 9.47 Å². The highest BCUT2D eigenvalue weighted by Crippen LogP contribution is 2.21. The van der Waals surface area contributed by atoms with Crippen molar-refractivity contribution in [2.45, 2.75) is 0 Å². The van der Waals surface area contributed by atoms with Crippen molar-refractivity contribution >= 4 is 21.4 Å². The Morgan fingerprint density at radius 3 is 2.66 bits per heavy atom. The van der Waals surface area contributed by atoms with Gasteiger partial charge in [0.2, 0.25) is 5.88 Å². The smallest absolute Gasteiger partial charge is 0.254 e. The number of rotatable bonds is 10. The molecule has 0 bridgehead atoms. The summed E-state index contributed by atoms with van der Waals surface area (Å²) in [6, 6.07) is 12.3. The molecule has 0 saturated carbocycles. The Morgan fingerprint density at radius 2 is 1.93 bits per heavy atom. The zero-order valence-electron chi connectivity index (χ0n) is 15.8. The van der Waals surface area contributed by atoms with Crippen molar-refractivity contribution in [1.29, 1.82) is 0 Å². The van der Waals surface area contributed by atoms with Crippen molar-refractivity contribution in [2.24, 2.45) is 0 Å². The van der Waals surface area contributed by atoms with Gasteiger partial charge in [-0.15, -0.1) is 0 Å². The second kappa shape index (κ2) is 9.22. The van der Waals surface area contributed by atoms with Crippen LogP contribution in [0.2, 0.25) is 0 Å². The molecule has 0 aliphatic rings. The van der Waals surface area contributed by atoms with Gasteiger partial charge in [-0.25, -0.2) is 13.4 Å². The van der Waals surface area contributed by atoms with Gasteiger partial charge in [0, 0.05) is 42.2 Å².